The van der Waals surface area contributed by atoms with Crippen LogP contribution in [-0.2, 0) is 14.3 Å². The zero-order valence-electron chi connectivity index (χ0n) is 41.6. The Balaban J connectivity index is 3.46. The van der Waals surface area contributed by atoms with Gasteiger partial charge in [0, 0.05) is 12.8 Å². The smallest absolute Gasteiger partial charge is 0.305 e. The first kappa shape index (κ1) is 60.3. The topological polar surface area (TPSA) is 95.9 Å². The lowest BCUT2D eigenvalue weighted by molar-refractivity contribution is -0.143. The van der Waals surface area contributed by atoms with Gasteiger partial charge in [-0.25, -0.2) is 0 Å². The molecule has 6 nitrogen and oxygen atoms in total. The average molecular weight is 874 g/mol. The van der Waals surface area contributed by atoms with Crippen molar-refractivity contribution in [3.63, 3.8) is 0 Å². The highest BCUT2D eigenvalue weighted by Gasteiger charge is 2.20. The minimum atomic E-state index is -0.673. The number of ether oxygens (including phenoxy) is 1. The summed E-state index contributed by atoms with van der Waals surface area (Å²) < 4.78 is 5.46. The van der Waals surface area contributed by atoms with Gasteiger partial charge in [-0.15, -0.1) is 0 Å². The van der Waals surface area contributed by atoms with Gasteiger partial charge in [-0.3, -0.25) is 9.59 Å². The Kier molecular flexibility index (Phi) is 50.6. The van der Waals surface area contributed by atoms with E-state index in [9.17, 15) is 19.8 Å². The summed E-state index contributed by atoms with van der Waals surface area (Å²) in [7, 11) is 0. The van der Waals surface area contributed by atoms with Crippen LogP contribution in [0.25, 0.3) is 0 Å². The minimum Gasteiger partial charge on any atom is -0.466 e. The van der Waals surface area contributed by atoms with Gasteiger partial charge < -0.3 is 20.3 Å². The van der Waals surface area contributed by atoms with Crippen LogP contribution in [0.3, 0.4) is 0 Å². The third-order valence-electron chi connectivity index (χ3n) is 12.8. The number of esters is 1. The lowest BCUT2D eigenvalue weighted by atomic mass is 10.0. The molecule has 0 heterocycles. The number of aliphatic hydroxyl groups excluding tert-OH is 2. The van der Waals surface area contributed by atoms with Gasteiger partial charge in [0.15, 0.2) is 0 Å². The molecule has 0 aromatic rings. The third kappa shape index (κ3) is 47.8. The molecule has 2 atom stereocenters. The Bertz CT molecular complexity index is 966. The monoisotopic (exact) mass is 874 g/mol. The Morgan fingerprint density at radius 2 is 0.806 bits per heavy atom. The van der Waals surface area contributed by atoms with Crippen molar-refractivity contribution in [1.82, 2.24) is 5.32 Å². The van der Waals surface area contributed by atoms with Gasteiger partial charge in [-0.2, -0.15) is 0 Å². The fourth-order valence-corrected chi connectivity index (χ4v) is 8.49. The molecule has 0 aliphatic carbocycles. The second-order valence-electron chi connectivity index (χ2n) is 18.9. The van der Waals surface area contributed by atoms with Gasteiger partial charge in [0.25, 0.3) is 0 Å². The van der Waals surface area contributed by atoms with E-state index in [-0.39, 0.29) is 18.5 Å². The summed E-state index contributed by atoms with van der Waals surface area (Å²) in [6, 6.07) is -0.552. The largest absolute Gasteiger partial charge is 0.466 e. The van der Waals surface area contributed by atoms with Gasteiger partial charge in [0.2, 0.25) is 5.91 Å². The normalized spacial score (nSPS) is 12.8. The number of carbonyl (C=O) groups is 2. The van der Waals surface area contributed by atoms with Crippen molar-refractivity contribution < 1.29 is 24.5 Å². The standard InChI is InChI=1S/C56H107NO5/c1-3-5-7-9-11-13-15-17-19-20-22-24-28-32-36-40-44-48-54(59)53(52-58)57-55(60)49-45-41-37-33-29-25-23-27-31-35-39-43-47-51-62-56(61)50-46-42-38-34-30-26-21-18-16-14-12-10-8-6-4-2/h12,14,18,21,53-54,58-59H,3-11,13,15-17,19-20,22-52H2,1-2H3,(H,57,60)/b14-12-,21-18-. The molecule has 0 saturated heterocycles. The highest BCUT2D eigenvalue weighted by molar-refractivity contribution is 5.76. The number of unbranched alkanes of at least 4 members (excludes halogenated alkanes) is 36. The number of aliphatic hydroxyl groups is 2. The molecule has 0 radical (unpaired) electrons. The van der Waals surface area contributed by atoms with Crippen LogP contribution in [0.5, 0.6) is 0 Å². The van der Waals surface area contributed by atoms with Gasteiger partial charge in [0.1, 0.15) is 0 Å². The number of allylic oxidation sites excluding steroid dienone is 4. The van der Waals surface area contributed by atoms with Crippen molar-refractivity contribution in [2.24, 2.45) is 0 Å². The van der Waals surface area contributed by atoms with Crippen molar-refractivity contribution in [3.8, 4) is 0 Å². The molecule has 2 unspecified atom stereocenters. The highest BCUT2D eigenvalue weighted by Crippen LogP contribution is 2.17. The third-order valence-corrected chi connectivity index (χ3v) is 12.8. The predicted molar refractivity (Wildman–Crippen MR) is 269 cm³/mol. The maximum absolute atomic E-state index is 12.5. The molecule has 3 N–H and O–H groups in total. The number of nitrogens with one attached hydrogen (secondary N) is 1. The molecule has 0 aromatic carbocycles. The van der Waals surface area contributed by atoms with E-state index in [4.69, 9.17) is 4.74 Å². The molecule has 1 amide bonds. The van der Waals surface area contributed by atoms with Crippen LogP contribution in [-0.4, -0.2) is 47.4 Å². The van der Waals surface area contributed by atoms with E-state index in [0.717, 1.165) is 57.8 Å². The molecule has 0 rings (SSSR count). The second kappa shape index (κ2) is 52.0. The first-order valence-corrected chi connectivity index (χ1v) is 27.6. The molecular formula is C56H107NO5. The number of rotatable bonds is 51. The highest BCUT2D eigenvalue weighted by atomic mass is 16.5. The van der Waals surface area contributed by atoms with Crippen LogP contribution in [0.15, 0.2) is 24.3 Å². The number of amides is 1. The minimum absolute atomic E-state index is 0.0191. The molecule has 6 heteroatoms. The van der Waals surface area contributed by atoms with E-state index < -0.39 is 12.1 Å². The van der Waals surface area contributed by atoms with E-state index in [1.165, 1.54) is 205 Å². The lowest BCUT2D eigenvalue weighted by Gasteiger charge is -2.22. The summed E-state index contributed by atoms with van der Waals surface area (Å²) in [6.45, 7) is 4.90. The van der Waals surface area contributed by atoms with E-state index >= 15 is 0 Å². The second-order valence-corrected chi connectivity index (χ2v) is 18.9. The molecule has 0 bridgehead atoms. The van der Waals surface area contributed by atoms with Crippen LogP contribution >= 0.6 is 0 Å². The van der Waals surface area contributed by atoms with Crippen molar-refractivity contribution >= 4 is 11.9 Å². The zero-order chi connectivity index (χ0) is 45.1. The fraction of sp³-hybridized carbons (Fsp3) is 0.893. The van der Waals surface area contributed by atoms with Crippen molar-refractivity contribution in [2.75, 3.05) is 13.2 Å². The first-order valence-electron chi connectivity index (χ1n) is 27.6. The maximum Gasteiger partial charge on any atom is 0.305 e. The Hall–Kier alpha value is -1.66. The van der Waals surface area contributed by atoms with Gasteiger partial charge in [-0.1, -0.05) is 250 Å². The predicted octanol–water partition coefficient (Wildman–Crippen LogP) is 16.7. The fourth-order valence-electron chi connectivity index (χ4n) is 8.49. The molecule has 0 fully saturated rings. The SMILES string of the molecule is CCCCC/C=C\C/C=C\CCCCCCCC(=O)OCCCCCCCCCCCCCCCC(=O)NC(CO)C(O)CCCCCCCCCCCCCCCCCCC. The Morgan fingerprint density at radius 1 is 0.452 bits per heavy atom. The van der Waals surface area contributed by atoms with Crippen molar-refractivity contribution in [1.29, 1.82) is 0 Å². The molecule has 0 saturated carbocycles. The Morgan fingerprint density at radius 3 is 1.26 bits per heavy atom. The van der Waals surface area contributed by atoms with Gasteiger partial charge >= 0.3 is 5.97 Å². The summed E-state index contributed by atoms with van der Waals surface area (Å²) in [6.07, 6.45) is 61.5. The molecule has 0 aliphatic heterocycles. The Labute approximate surface area is 386 Å². The van der Waals surface area contributed by atoms with E-state index in [0.29, 0.717) is 25.9 Å². The van der Waals surface area contributed by atoms with E-state index in [1.54, 1.807) is 0 Å². The maximum atomic E-state index is 12.5. The van der Waals surface area contributed by atoms with Gasteiger partial charge in [-0.05, 0) is 57.8 Å². The van der Waals surface area contributed by atoms with Crippen LogP contribution in [0.4, 0.5) is 0 Å². The lowest BCUT2D eigenvalue weighted by Crippen LogP contribution is -2.45. The number of hydrogen-bond acceptors (Lipinski definition) is 5. The number of carbonyl (C=O) groups excluding carboxylic acids is 2. The summed E-state index contributed by atoms with van der Waals surface area (Å²) in [5.74, 6) is -0.0660. The van der Waals surface area contributed by atoms with E-state index in [2.05, 4.69) is 43.5 Å². The number of hydrogen-bond donors (Lipinski definition) is 3. The van der Waals surface area contributed by atoms with E-state index in [1.807, 2.05) is 0 Å². The molecule has 0 aliphatic rings. The van der Waals surface area contributed by atoms with Gasteiger partial charge in [0.05, 0.1) is 25.4 Å². The van der Waals surface area contributed by atoms with Crippen LogP contribution in [0.1, 0.15) is 296 Å². The average Bonchev–Trinajstić information content (AvgIpc) is 3.27. The molecule has 0 aromatic heterocycles. The molecule has 0 spiro atoms. The quantitative estimate of drug-likeness (QED) is 0.0321. The molecular weight excluding hydrogens is 767 g/mol. The first-order chi connectivity index (χ1) is 30.5. The molecule has 366 valence electrons. The van der Waals surface area contributed by atoms with Crippen LogP contribution < -0.4 is 5.32 Å². The van der Waals surface area contributed by atoms with Crippen molar-refractivity contribution in [3.05, 3.63) is 24.3 Å². The van der Waals surface area contributed by atoms with Crippen LogP contribution in [0, 0.1) is 0 Å². The summed E-state index contributed by atoms with van der Waals surface area (Å²) in [4.78, 5) is 24.5. The summed E-state index contributed by atoms with van der Waals surface area (Å²) in [5, 5.41) is 23.3. The summed E-state index contributed by atoms with van der Waals surface area (Å²) >= 11 is 0. The zero-order valence-corrected chi connectivity index (χ0v) is 41.6. The van der Waals surface area contributed by atoms with Crippen molar-refractivity contribution in [2.45, 2.75) is 309 Å². The summed E-state index contributed by atoms with van der Waals surface area (Å²) in [5.41, 5.74) is 0. The molecule has 62 heavy (non-hydrogen) atoms. The van der Waals surface area contributed by atoms with Crippen LogP contribution in [0.2, 0.25) is 0 Å².